The number of halogens is 1. The van der Waals surface area contributed by atoms with Crippen LogP contribution in [0.2, 0.25) is 5.02 Å². The van der Waals surface area contributed by atoms with E-state index in [1.807, 2.05) is 10.8 Å². The average Bonchev–Trinajstić information content (AvgIpc) is 2.84. The summed E-state index contributed by atoms with van der Waals surface area (Å²) < 4.78 is 1.88. The molecule has 1 N–H and O–H groups in total. The molecular weight excluding hydrogens is 256 g/mol. The predicted octanol–water partition coefficient (Wildman–Crippen LogP) is 2.56. The third-order valence-electron chi connectivity index (χ3n) is 2.40. The molecule has 0 radical (unpaired) electrons. The Morgan fingerprint density at radius 1 is 1.50 bits per heavy atom. The molecule has 7 heteroatoms. The number of anilines is 1. The molecule has 6 nitrogen and oxygen atoms in total. The maximum Gasteiger partial charge on any atom is 0.293 e. The molecule has 1 heterocycles. The van der Waals surface area contributed by atoms with Crippen molar-refractivity contribution >= 4 is 23.0 Å². The van der Waals surface area contributed by atoms with Gasteiger partial charge in [0, 0.05) is 36.6 Å². The highest BCUT2D eigenvalue weighted by molar-refractivity contribution is 6.30. The zero-order valence-electron chi connectivity index (χ0n) is 9.41. The van der Waals surface area contributed by atoms with Crippen molar-refractivity contribution in [2.75, 3.05) is 11.9 Å². The van der Waals surface area contributed by atoms with Gasteiger partial charge in [0.25, 0.3) is 5.69 Å². The lowest BCUT2D eigenvalue weighted by Crippen LogP contribution is -2.10. The van der Waals surface area contributed by atoms with E-state index in [0.717, 1.165) is 0 Å². The highest BCUT2D eigenvalue weighted by atomic mass is 35.5. The maximum atomic E-state index is 10.9. The predicted molar refractivity (Wildman–Crippen MR) is 68.8 cm³/mol. The van der Waals surface area contributed by atoms with Crippen molar-refractivity contribution in [3.8, 4) is 0 Å². The first-order chi connectivity index (χ1) is 8.66. The molecule has 0 aliphatic heterocycles. The van der Waals surface area contributed by atoms with E-state index in [4.69, 9.17) is 11.6 Å². The minimum atomic E-state index is -0.453. The normalized spacial score (nSPS) is 10.3. The summed E-state index contributed by atoms with van der Waals surface area (Å²) in [5, 5.41) is 14.2. The van der Waals surface area contributed by atoms with Gasteiger partial charge in [0.05, 0.1) is 11.3 Å². The fourth-order valence-corrected chi connectivity index (χ4v) is 1.71. The molecule has 0 atom stereocenters. The van der Waals surface area contributed by atoms with E-state index in [1.54, 1.807) is 24.7 Å². The lowest BCUT2D eigenvalue weighted by molar-refractivity contribution is -0.383. The van der Waals surface area contributed by atoms with Gasteiger partial charge in [0.2, 0.25) is 0 Å². The zero-order chi connectivity index (χ0) is 13.0. The van der Waals surface area contributed by atoms with Crippen molar-refractivity contribution in [2.24, 2.45) is 0 Å². The molecular formula is C11H11ClN4O2. The van der Waals surface area contributed by atoms with Crippen molar-refractivity contribution in [1.29, 1.82) is 0 Å². The Morgan fingerprint density at radius 2 is 2.33 bits per heavy atom. The molecule has 0 aliphatic carbocycles. The third kappa shape index (κ3) is 2.98. The van der Waals surface area contributed by atoms with E-state index in [2.05, 4.69) is 10.3 Å². The molecule has 0 aliphatic rings. The van der Waals surface area contributed by atoms with Gasteiger partial charge in [0.1, 0.15) is 5.69 Å². The van der Waals surface area contributed by atoms with Gasteiger partial charge in [-0.15, -0.1) is 0 Å². The molecule has 1 aromatic heterocycles. The summed E-state index contributed by atoms with van der Waals surface area (Å²) in [5.41, 5.74) is 0.442. The van der Waals surface area contributed by atoms with Gasteiger partial charge in [-0.05, 0) is 12.1 Å². The number of hydrogen-bond acceptors (Lipinski definition) is 4. The van der Waals surface area contributed by atoms with Crippen LogP contribution >= 0.6 is 11.6 Å². The molecule has 2 aromatic rings. The Balaban J connectivity index is 2.02. The monoisotopic (exact) mass is 266 g/mol. The smallest absolute Gasteiger partial charge is 0.293 e. The van der Waals surface area contributed by atoms with Gasteiger partial charge in [-0.2, -0.15) is 0 Å². The fourth-order valence-electron chi connectivity index (χ4n) is 1.54. The first kappa shape index (κ1) is 12.4. The van der Waals surface area contributed by atoms with Crippen LogP contribution in [0.3, 0.4) is 0 Å². The molecule has 0 unspecified atom stereocenters. The van der Waals surface area contributed by atoms with Crippen molar-refractivity contribution in [2.45, 2.75) is 6.54 Å². The van der Waals surface area contributed by atoms with Crippen LogP contribution in [0.5, 0.6) is 0 Å². The minimum absolute atomic E-state index is 0.0202. The zero-order valence-corrected chi connectivity index (χ0v) is 10.2. The second-order valence-electron chi connectivity index (χ2n) is 3.65. The quantitative estimate of drug-likeness (QED) is 0.667. The van der Waals surface area contributed by atoms with Crippen LogP contribution in [0, 0.1) is 10.1 Å². The Bertz CT molecular complexity index is 542. The van der Waals surface area contributed by atoms with Crippen molar-refractivity contribution in [3.05, 3.63) is 52.1 Å². The van der Waals surface area contributed by atoms with Crippen LogP contribution in [-0.2, 0) is 6.54 Å². The molecule has 1 aromatic carbocycles. The summed E-state index contributed by atoms with van der Waals surface area (Å²) in [6.45, 7) is 1.25. The van der Waals surface area contributed by atoms with Crippen LogP contribution in [0.4, 0.5) is 11.4 Å². The second kappa shape index (κ2) is 5.50. The van der Waals surface area contributed by atoms with E-state index >= 15 is 0 Å². The molecule has 0 saturated heterocycles. The lowest BCUT2D eigenvalue weighted by Gasteiger charge is -2.07. The van der Waals surface area contributed by atoms with E-state index in [0.29, 0.717) is 23.8 Å². The first-order valence-corrected chi connectivity index (χ1v) is 5.68. The SMILES string of the molecule is O=[N+]([O-])c1cc(Cl)ccc1NCCn1ccnc1. The molecule has 0 amide bonds. The van der Waals surface area contributed by atoms with E-state index < -0.39 is 4.92 Å². The Labute approximate surface area is 108 Å². The van der Waals surface area contributed by atoms with Gasteiger partial charge in [-0.25, -0.2) is 4.98 Å². The third-order valence-corrected chi connectivity index (χ3v) is 2.64. The average molecular weight is 267 g/mol. The number of rotatable bonds is 5. The maximum absolute atomic E-state index is 10.9. The Morgan fingerprint density at radius 3 is 3.00 bits per heavy atom. The van der Waals surface area contributed by atoms with Gasteiger partial charge < -0.3 is 9.88 Å². The van der Waals surface area contributed by atoms with Crippen LogP contribution in [-0.4, -0.2) is 21.0 Å². The summed E-state index contributed by atoms with van der Waals surface area (Å²) in [4.78, 5) is 14.3. The summed E-state index contributed by atoms with van der Waals surface area (Å²) in [5.74, 6) is 0. The molecule has 0 spiro atoms. The summed E-state index contributed by atoms with van der Waals surface area (Å²) in [6, 6.07) is 4.56. The molecule has 0 bridgehead atoms. The molecule has 18 heavy (non-hydrogen) atoms. The Kier molecular flexibility index (Phi) is 3.78. The van der Waals surface area contributed by atoms with E-state index in [1.165, 1.54) is 6.07 Å². The molecule has 0 fully saturated rings. The molecule has 94 valence electrons. The fraction of sp³-hybridized carbons (Fsp3) is 0.182. The van der Waals surface area contributed by atoms with Gasteiger partial charge >= 0.3 is 0 Å². The van der Waals surface area contributed by atoms with E-state index in [9.17, 15) is 10.1 Å². The number of aromatic nitrogens is 2. The van der Waals surface area contributed by atoms with Crippen molar-refractivity contribution < 1.29 is 4.92 Å². The number of nitrogens with one attached hydrogen (secondary N) is 1. The number of imidazole rings is 1. The number of nitro benzene ring substituents is 1. The number of benzene rings is 1. The van der Waals surface area contributed by atoms with Crippen LogP contribution < -0.4 is 5.32 Å². The van der Waals surface area contributed by atoms with Crippen molar-refractivity contribution in [3.63, 3.8) is 0 Å². The molecule has 0 saturated carbocycles. The number of hydrogen-bond donors (Lipinski definition) is 1. The van der Waals surface area contributed by atoms with Crippen LogP contribution in [0.25, 0.3) is 0 Å². The highest BCUT2D eigenvalue weighted by Gasteiger charge is 2.13. The summed E-state index contributed by atoms with van der Waals surface area (Å²) in [6.07, 6.45) is 5.21. The number of nitrogens with zero attached hydrogens (tertiary/aromatic N) is 3. The van der Waals surface area contributed by atoms with E-state index in [-0.39, 0.29) is 5.69 Å². The van der Waals surface area contributed by atoms with Crippen LogP contribution in [0.15, 0.2) is 36.9 Å². The van der Waals surface area contributed by atoms with Crippen molar-refractivity contribution in [1.82, 2.24) is 9.55 Å². The van der Waals surface area contributed by atoms with Crippen LogP contribution in [0.1, 0.15) is 0 Å². The largest absolute Gasteiger partial charge is 0.378 e. The standard InChI is InChI=1S/C11H11ClN4O2/c12-9-1-2-10(11(7-9)16(17)18)14-4-6-15-5-3-13-8-15/h1-3,5,7-8,14H,4,6H2. The molecule has 2 rings (SSSR count). The summed E-state index contributed by atoms with van der Waals surface area (Å²) >= 11 is 5.73. The highest BCUT2D eigenvalue weighted by Crippen LogP contribution is 2.27. The Hall–Kier alpha value is -2.08. The van der Waals surface area contributed by atoms with Gasteiger partial charge in [-0.1, -0.05) is 11.6 Å². The minimum Gasteiger partial charge on any atom is -0.378 e. The van der Waals surface area contributed by atoms with Gasteiger partial charge in [-0.3, -0.25) is 10.1 Å². The lowest BCUT2D eigenvalue weighted by atomic mass is 10.2. The topological polar surface area (TPSA) is 73.0 Å². The first-order valence-electron chi connectivity index (χ1n) is 5.30. The summed E-state index contributed by atoms with van der Waals surface area (Å²) in [7, 11) is 0. The van der Waals surface area contributed by atoms with Gasteiger partial charge in [0.15, 0.2) is 0 Å². The number of nitro groups is 1. The second-order valence-corrected chi connectivity index (χ2v) is 4.08.